The van der Waals surface area contributed by atoms with E-state index in [2.05, 4.69) is 13.8 Å². The summed E-state index contributed by atoms with van der Waals surface area (Å²) in [7, 11) is 1.65. The molecule has 2 rings (SSSR count). The lowest BCUT2D eigenvalue weighted by Crippen LogP contribution is -3.16. The van der Waals surface area contributed by atoms with Crippen molar-refractivity contribution in [2.45, 2.75) is 38.8 Å². The van der Waals surface area contributed by atoms with Gasteiger partial charge in [-0.3, -0.25) is 0 Å². The van der Waals surface area contributed by atoms with Gasteiger partial charge in [0.1, 0.15) is 43.7 Å². The van der Waals surface area contributed by atoms with Crippen LogP contribution in [0.4, 0.5) is 0 Å². The molecule has 0 aromatic heterocycles. The van der Waals surface area contributed by atoms with E-state index >= 15 is 0 Å². The number of rotatable bonds is 7. The number of quaternary nitrogens is 1. The van der Waals surface area contributed by atoms with Crippen molar-refractivity contribution in [2.24, 2.45) is 0 Å². The van der Waals surface area contributed by atoms with E-state index in [4.69, 9.17) is 14.2 Å². The number of hydrogen-bond acceptors (Lipinski definition) is 4. The van der Waals surface area contributed by atoms with Gasteiger partial charge in [-0.1, -0.05) is 12.1 Å². The molecule has 5 heteroatoms. The van der Waals surface area contributed by atoms with E-state index in [0.29, 0.717) is 19.8 Å². The summed E-state index contributed by atoms with van der Waals surface area (Å²) in [4.78, 5) is 1.38. The minimum Gasteiger partial charge on any atom is -0.497 e. The lowest BCUT2D eigenvalue weighted by atomic mass is 10.2. The number of aliphatic hydroxyl groups excluding tert-OH is 1. The summed E-state index contributed by atoms with van der Waals surface area (Å²) in [6.45, 7) is 7.64. The largest absolute Gasteiger partial charge is 0.497 e. The van der Waals surface area contributed by atoms with E-state index in [9.17, 15) is 5.11 Å². The van der Waals surface area contributed by atoms with Gasteiger partial charge in [-0.05, 0) is 31.5 Å². The number of aliphatic hydroxyl groups is 1. The maximum absolute atomic E-state index is 10.1. The second-order valence-corrected chi connectivity index (χ2v) is 6.14. The van der Waals surface area contributed by atoms with E-state index in [1.807, 2.05) is 24.3 Å². The van der Waals surface area contributed by atoms with Crippen molar-refractivity contribution in [3.8, 4) is 5.75 Å². The Morgan fingerprint density at radius 1 is 1.23 bits per heavy atom. The third-order valence-corrected chi connectivity index (χ3v) is 3.88. The smallest absolute Gasteiger partial charge is 0.126 e. The van der Waals surface area contributed by atoms with Crippen molar-refractivity contribution in [1.29, 1.82) is 0 Å². The highest BCUT2D eigenvalue weighted by Gasteiger charge is 2.27. The SMILES string of the molecule is COc1ccc(COC[C@@H](O)C[NH+]2C[C@@H](C)O[C@@H](C)C2)cc1. The summed E-state index contributed by atoms with van der Waals surface area (Å²) < 4.78 is 16.4. The monoisotopic (exact) mass is 310 g/mol. The summed E-state index contributed by atoms with van der Waals surface area (Å²) in [5, 5.41) is 10.1. The van der Waals surface area contributed by atoms with E-state index in [-0.39, 0.29) is 12.2 Å². The molecule has 1 aromatic carbocycles. The number of hydrogen-bond donors (Lipinski definition) is 2. The molecule has 1 unspecified atom stereocenters. The van der Waals surface area contributed by atoms with Crippen molar-refractivity contribution >= 4 is 0 Å². The fraction of sp³-hybridized carbons (Fsp3) is 0.647. The second-order valence-electron chi connectivity index (χ2n) is 6.14. The molecule has 1 aliphatic rings. The fourth-order valence-electron chi connectivity index (χ4n) is 2.98. The maximum atomic E-state index is 10.1. The zero-order valence-corrected chi connectivity index (χ0v) is 13.7. The van der Waals surface area contributed by atoms with Gasteiger partial charge in [0.25, 0.3) is 0 Å². The normalized spacial score (nSPS) is 26.6. The molecule has 1 aliphatic heterocycles. The Labute approximate surface area is 132 Å². The van der Waals surface area contributed by atoms with E-state index < -0.39 is 6.10 Å². The van der Waals surface area contributed by atoms with Crippen molar-refractivity contribution in [3.05, 3.63) is 29.8 Å². The zero-order valence-electron chi connectivity index (χ0n) is 13.7. The predicted molar refractivity (Wildman–Crippen MR) is 84.2 cm³/mol. The van der Waals surface area contributed by atoms with Gasteiger partial charge in [0.15, 0.2) is 0 Å². The van der Waals surface area contributed by atoms with Crippen molar-refractivity contribution in [1.82, 2.24) is 0 Å². The van der Waals surface area contributed by atoms with Crippen LogP contribution in [0.2, 0.25) is 0 Å². The van der Waals surface area contributed by atoms with Gasteiger partial charge in [0, 0.05) is 0 Å². The zero-order chi connectivity index (χ0) is 15.9. The first-order valence-electron chi connectivity index (χ1n) is 7.94. The van der Waals surface area contributed by atoms with Gasteiger partial charge in [0.2, 0.25) is 0 Å². The molecule has 22 heavy (non-hydrogen) atoms. The summed E-state index contributed by atoms with van der Waals surface area (Å²) in [5.74, 6) is 0.836. The quantitative estimate of drug-likeness (QED) is 0.759. The summed E-state index contributed by atoms with van der Waals surface area (Å²) >= 11 is 0. The van der Waals surface area contributed by atoms with Crippen LogP contribution in [-0.4, -0.2) is 56.8 Å². The summed E-state index contributed by atoms with van der Waals surface area (Å²) in [5.41, 5.74) is 1.08. The first kappa shape index (κ1) is 17.2. The Kier molecular flexibility index (Phi) is 6.64. The molecule has 0 amide bonds. The molecule has 1 aromatic rings. The van der Waals surface area contributed by atoms with Crippen LogP contribution in [0.5, 0.6) is 5.75 Å². The van der Waals surface area contributed by atoms with Gasteiger partial charge in [-0.2, -0.15) is 0 Å². The van der Waals surface area contributed by atoms with Gasteiger partial charge in [-0.25, -0.2) is 0 Å². The molecule has 0 radical (unpaired) electrons. The standard InChI is InChI=1S/C17H27NO4/c1-13-8-18(9-14(2)22-13)10-16(19)12-21-11-15-4-6-17(20-3)7-5-15/h4-7,13-14,16,19H,8-12H2,1-3H3/p+1/t13-,14+,16-/m0/s1. The van der Waals surface area contributed by atoms with Crippen LogP contribution in [-0.2, 0) is 16.1 Å². The van der Waals surface area contributed by atoms with E-state index in [1.165, 1.54) is 4.90 Å². The third kappa shape index (κ3) is 5.57. The molecule has 4 atom stereocenters. The van der Waals surface area contributed by atoms with Crippen molar-refractivity contribution in [3.63, 3.8) is 0 Å². The second kappa shape index (κ2) is 8.48. The number of methoxy groups -OCH3 is 1. The number of ether oxygens (including phenoxy) is 3. The molecule has 1 saturated heterocycles. The molecule has 124 valence electrons. The highest BCUT2D eigenvalue weighted by molar-refractivity contribution is 5.26. The summed E-state index contributed by atoms with van der Waals surface area (Å²) in [6, 6.07) is 7.77. The third-order valence-electron chi connectivity index (χ3n) is 3.88. The van der Waals surface area contributed by atoms with Crippen molar-refractivity contribution < 1.29 is 24.2 Å². The molecule has 2 N–H and O–H groups in total. The first-order chi connectivity index (χ1) is 10.6. The summed E-state index contributed by atoms with van der Waals surface area (Å²) in [6.07, 6.45) is 0.0723. The average Bonchev–Trinajstić information content (AvgIpc) is 2.47. The van der Waals surface area contributed by atoms with Crippen LogP contribution < -0.4 is 9.64 Å². The van der Waals surface area contributed by atoms with Crippen LogP contribution in [0, 0.1) is 0 Å². The lowest BCUT2D eigenvalue weighted by Gasteiger charge is -2.33. The molecule has 0 aliphatic carbocycles. The van der Waals surface area contributed by atoms with Crippen LogP contribution in [0.25, 0.3) is 0 Å². The number of benzene rings is 1. The molecule has 5 nitrogen and oxygen atoms in total. The highest BCUT2D eigenvalue weighted by atomic mass is 16.5. The Morgan fingerprint density at radius 2 is 1.86 bits per heavy atom. The molecular formula is C17H28NO4+. The number of morpholine rings is 1. The lowest BCUT2D eigenvalue weighted by molar-refractivity contribution is -0.918. The first-order valence-corrected chi connectivity index (χ1v) is 7.94. The van der Waals surface area contributed by atoms with Gasteiger partial charge >= 0.3 is 0 Å². The Balaban J connectivity index is 1.67. The predicted octanol–water partition coefficient (Wildman–Crippen LogP) is 0.265. The Hall–Kier alpha value is -1.14. The fourth-order valence-corrected chi connectivity index (χ4v) is 2.98. The maximum Gasteiger partial charge on any atom is 0.126 e. The average molecular weight is 310 g/mol. The van der Waals surface area contributed by atoms with Gasteiger partial charge < -0.3 is 24.2 Å². The van der Waals surface area contributed by atoms with Crippen molar-refractivity contribution in [2.75, 3.05) is 33.4 Å². The molecular weight excluding hydrogens is 282 g/mol. The Morgan fingerprint density at radius 3 is 2.45 bits per heavy atom. The highest BCUT2D eigenvalue weighted by Crippen LogP contribution is 2.11. The minimum atomic E-state index is -0.439. The van der Waals surface area contributed by atoms with Crippen LogP contribution in [0.3, 0.4) is 0 Å². The minimum absolute atomic E-state index is 0.256. The topological polar surface area (TPSA) is 52.4 Å². The van der Waals surface area contributed by atoms with Crippen LogP contribution >= 0.6 is 0 Å². The van der Waals surface area contributed by atoms with Gasteiger partial charge in [-0.15, -0.1) is 0 Å². The molecule has 1 heterocycles. The van der Waals surface area contributed by atoms with E-state index in [1.54, 1.807) is 7.11 Å². The molecule has 0 spiro atoms. The van der Waals surface area contributed by atoms with Gasteiger partial charge in [0.05, 0.1) is 20.3 Å². The van der Waals surface area contributed by atoms with Crippen LogP contribution in [0.1, 0.15) is 19.4 Å². The molecule has 0 saturated carbocycles. The molecule has 1 fully saturated rings. The van der Waals surface area contributed by atoms with E-state index in [0.717, 1.165) is 24.4 Å². The molecule has 0 bridgehead atoms. The van der Waals surface area contributed by atoms with Crippen LogP contribution in [0.15, 0.2) is 24.3 Å². The Bertz CT molecular complexity index is 427. The number of nitrogens with one attached hydrogen (secondary N) is 1.